The van der Waals surface area contributed by atoms with Gasteiger partial charge in [0.2, 0.25) is 0 Å². The maximum Gasteiger partial charge on any atom is 0.454 e. The first-order chi connectivity index (χ1) is 17.3. The molecule has 1 fully saturated rings. The lowest BCUT2D eigenvalue weighted by Gasteiger charge is -2.37. The second-order valence-electron chi connectivity index (χ2n) is 9.59. The molecule has 0 radical (unpaired) electrons. The quantitative estimate of drug-likeness (QED) is 0.505. The number of nitrogens with zero attached hydrogens (tertiary/aromatic N) is 2. The molecule has 0 atom stereocenters. The number of carbonyl (C=O) groups is 2. The van der Waals surface area contributed by atoms with Crippen LogP contribution in [0.15, 0.2) is 36.4 Å². The first kappa shape index (κ1) is 27.9. The molecule has 8 nitrogen and oxygen atoms in total. The number of alkyl halides is 3. The van der Waals surface area contributed by atoms with E-state index in [4.69, 9.17) is 14.2 Å². The predicted octanol–water partition coefficient (Wildman–Crippen LogP) is 5.12. The normalized spacial score (nSPS) is 14.3. The monoisotopic (exact) mass is 523 g/mol. The van der Waals surface area contributed by atoms with Gasteiger partial charge in [-0.15, -0.1) is 0 Å². The Balaban J connectivity index is 1.81. The summed E-state index contributed by atoms with van der Waals surface area (Å²) in [4.78, 5) is 28.0. The minimum absolute atomic E-state index is 0.0520. The molecule has 3 rings (SSSR count). The van der Waals surface area contributed by atoms with Gasteiger partial charge >= 0.3 is 12.3 Å². The minimum Gasteiger partial charge on any atom is -0.497 e. The zero-order valence-electron chi connectivity index (χ0n) is 21.6. The smallest absolute Gasteiger partial charge is 0.454 e. The number of methoxy groups -OCH3 is 2. The number of hydrogen-bond acceptors (Lipinski definition) is 7. The molecule has 1 heterocycles. The highest BCUT2D eigenvalue weighted by Gasteiger charge is 2.40. The molecule has 2 aromatic carbocycles. The van der Waals surface area contributed by atoms with Gasteiger partial charge in [-0.2, -0.15) is 13.2 Å². The molecular weight excluding hydrogens is 491 g/mol. The van der Waals surface area contributed by atoms with Crippen molar-refractivity contribution in [3.05, 3.63) is 47.5 Å². The zero-order valence-corrected chi connectivity index (χ0v) is 21.6. The van der Waals surface area contributed by atoms with E-state index in [1.54, 1.807) is 43.9 Å². The average molecular weight is 524 g/mol. The van der Waals surface area contributed by atoms with Gasteiger partial charge in [-0.25, -0.2) is 4.79 Å². The Morgan fingerprint density at radius 3 is 2.03 bits per heavy atom. The Kier molecular flexibility index (Phi) is 8.45. The molecule has 1 saturated heterocycles. The topological polar surface area (TPSA) is 80.3 Å². The minimum atomic E-state index is -5.02. The second kappa shape index (κ2) is 11.2. The van der Waals surface area contributed by atoms with Crippen molar-refractivity contribution >= 4 is 23.3 Å². The summed E-state index contributed by atoms with van der Waals surface area (Å²) < 4.78 is 55.8. The number of hydrogen-bond donors (Lipinski definition) is 1. The Bertz CT molecular complexity index is 1100. The van der Waals surface area contributed by atoms with E-state index < -0.39 is 29.2 Å². The van der Waals surface area contributed by atoms with Crippen LogP contribution in [0.3, 0.4) is 0 Å². The highest BCUT2D eigenvalue weighted by atomic mass is 19.4. The van der Waals surface area contributed by atoms with E-state index in [1.165, 1.54) is 32.4 Å². The highest BCUT2D eigenvalue weighted by Crippen LogP contribution is 2.31. The van der Waals surface area contributed by atoms with Crippen LogP contribution in [-0.4, -0.2) is 69.0 Å². The number of benzene rings is 2. The maximum atomic E-state index is 13.3. The molecule has 1 amide bonds. The zero-order chi connectivity index (χ0) is 27.4. The molecule has 1 N–H and O–H groups in total. The first-order valence-electron chi connectivity index (χ1n) is 11.7. The van der Waals surface area contributed by atoms with Gasteiger partial charge in [0.25, 0.3) is 5.78 Å². The summed E-state index contributed by atoms with van der Waals surface area (Å²) in [6.07, 6.45) is -5.43. The third-order valence-corrected chi connectivity index (χ3v) is 5.70. The highest BCUT2D eigenvalue weighted by molar-refractivity contribution is 6.05. The van der Waals surface area contributed by atoms with Crippen molar-refractivity contribution in [1.29, 1.82) is 0 Å². The van der Waals surface area contributed by atoms with E-state index in [-0.39, 0.29) is 12.2 Å². The van der Waals surface area contributed by atoms with Crippen molar-refractivity contribution in [3.8, 4) is 11.5 Å². The fourth-order valence-corrected chi connectivity index (χ4v) is 3.87. The molecule has 0 saturated carbocycles. The van der Waals surface area contributed by atoms with Crippen LogP contribution >= 0.6 is 0 Å². The number of anilines is 2. The number of amides is 1. The van der Waals surface area contributed by atoms with Crippen LogP contribution in [0.25, 0.3) is 0 Å². The molecule has 1 aliphatic rings. The maximum absolute atomic E-state index is 13.3. The molecule has 2 aromatic rings. The van der Waals surface area contributed by atoms with Gasteiger partial charge in [0.15, 0.2) is 0 Å². The third kappa shape index (κ3) is 7.43. The van der Waals surface area contributed by atoms with Crippen molar-refractivity contribution in [2.45, 2.75) is 39.1 Å². The number of ether oxygens (including phenoxy) is 3. The summed E-state index contributed by atoms with van der Waals surface area (Å²) in [6.45, 7) is 7.20. The number of Topliss-reactive ketones (excluding diaryl/α,β-unsaturated/α-hetero) is 1. The molecule has 37 heavy (non-hydrogen) atoms. The van der Waals surface area contributed by atoms with E-state index in [0.717, 1.165) is 0 Å². The van der Waals surface area contributed by atoms with Crippen molar-refractivity contribution < 1.29 is 37.0 Å². The number of rotatable bonds is 7. The Hall–Kier alpha value is -3.63. The van der Waals surface area contributed by atoms with Crippen LogP contribution in [0.4, 0.5) is 29.3 Å². The molecule has 202 valence electrons. The summed E-state index contributed by atoms with van der Waals surface area (Å²) in [5.41, 5.74) is 0.295. The number of piperazine rings is 1. The Morgan fingerprint density at radius 1 is 0.919 bits per heavy atom. The summed E-state index contributed by atoms with van der Waals surface area (Å²) in [5, 5.41) is 2.97. The fraction of sp³-hybridized carbons (Fsp3) is 0.462. The van der Waals surface area contributed by atoms with E-state index in [1.807, 2.05) is 4.90 Å². The van der Waals surface area contributed by atoms with Gasteiger partial charge in [0.1, 0.15) is 17.1 Å². The van der Waals surface area contributed by atoms with Crippen molar-refractivity contribution in [2.75, 3.05) is 50.6 Å². The summed E-state index contributed by atoms with van der Waals surface area (Å²) in [6, 6.07) is 9.32. The van der Waals surface area contributed by atoms with Crippen molar-refractivity contribution in [3.63, 3.8) is 0 Å². The summed E-state index contributed by atoms with van der Waals surface area (Å²) in [5.74, 6) is -0.877. The molecule has 0 unspecified atom stereocenters. The lowest BCUT2D eigenvalue weighted by molar-refractivity contribution is -0.0884. The first-order valence-corrected chi connectivity index (χ1v) is 11.7. The van der Waals surface area contributed by atoms with Crippen LogP contribution in [0.2, 0.25) is 0 Å². The lowest BCUT2D eigenvalue weighted by atomic mass is 10.1. The standard InChI is InChI=1S/C26H32F3N3O5/c1-25(2,3)37-24(34)32-10-8-31(9-11-32)18-6-7-21(23(33)26(27,28)29)22(14-18)30-16-17-12-19(35-4)15-20(13-17)36-5/h6-7,12-15,30H,8-11,16H2,1-5H3. The molecule has 0 spiro atoms. The molecule has 1 aliphatic heterocycles. The summed E-state index contributed by atoms with van der Waals surface area (Å²) in [7, 11) is 3.00. The van der Waals surface area contributed by atoms with Crippen LogP contribution in [-0.2, 0) is 11.3 Å². The Morgan fingerprint density at radius 2 is 1.51 bits per heavy atom. The van der Waals surface area contributed by atoms with Gasteiger partial charge in [-0.3, -0.25) is 4.79 Å². The molecular formula is C26H32F3N3O5. The number of nitrogens with one attached hydrogen (secondary N) is 1. The number of carbonyl (C=O) groups excluding carboxylic acids is 2. The molecule has 11 heteroatoms. The lowest BCUT2D eigenvalue weighted by Crippen LogP contribution is -2.50. The van der Waals surface area contributed by atoms with Crippen LogP contribution < -0.4 is 19.7 Å². The van der Waals surface area contributed by atoms with Crippen LogP contribution in [0.1, 0.15) is 36.7 Å². The molecule has 0 aliphatic carbocycles. The van der Waals surface area contributed by atoms with Gasteiger partial charge in [-0.1, -0.05) is 0 Å². The van der Waals surface area contributed by atoms with E-state index >= 15 is 0 Å². The van der Waals surface area contributed by atoms with Gasteiger partial charge < -0.3 is 29.3 Å². The van der Waals surface area contributed by atoms with E-state index in [0.29, 0.717) is 48.9 Å². The molecule has 0 bridgehead atoms. The van der Waals surface area contributed by atoms with Crippen LogP contribution in [0.5, 0.6) is 11.5 Å². The van der Waals surface area contributed by atoms with Crippen LogP contribution in [0, 0.1) is 0 Å². The van der Waals surface area contributed by atoms with Gasteiger partial charge in [0, 0.05) is 50.2 Å². The fourth-order valence-electron chi connectivity index (χ4n) is 3.87. The van der Waals surface area contributed by atoms with E-state index in [2.05, 4.69) is 5.32 Å². The number of halogens is 3. The number of ketones is 1. The van der Waals surface area contributed by atoms with Gasteiger partial charge in [-0.05, 0) is 56.7 Å². The SMILES string of the molecule is COc1cc(CNc2cc(N3CCN(C(=O)OC(C)(C)C)CC3)ccc2C(=O)C(F)(F)F)cc(OC)c1. The largest absolute Gasteiger partial charge is 0.497 e. The van der Waals surface area contributed by atoms with Crippen molar-refractivity contribution in [1.82, 2.24) is 4.90 Å². The Labute approximate surface area is 214 Å². The van der Waals surface area contributed by atoms with E-state index in [9.17, 15) is 22.8 Å². The summed E-state index contributed by atoms with van der Waals surface area (Å²) >= 11 is 0. The second-order valence-corrected chi connectivity index (χ2v) is 9.59. The van der Waals surface area contributed by atoms with Crippen molar-refractivity contribution in [2.24, 2.45) is 0 Å². The predicted molar refractivity (Wildman–Crippen MR) is 134 cm³/mol. The average Bonchev–Trinajstić information content (AvgIpc) is 2.85. The molecule has 0 aromatic heterocycles. The van der Waals surface area contributed by atoms with Gasteiger partial charge in [0.05, 0.1) is 19.8 Å². The third-order valence-electron chi connectivity index (χ3n) is 5.70.